The molecule has 9 heteroatoms. The predicted octanol–water partition coefficient (Wildman–Crippen LogP) is 0.549. The van der Waals surface area contributed by atoms with E-state index in [2.05, 4.69) is 0 Å². The van der Waals surface area contributed by atoms with Crippen molar-refractivity contribution in [3.05, 3.63) is 29.8 Å². The molecule has 0 aliphatic carbocycles. The van der Waals surface area contributed by atoms with Gasteiger partial charge in [0.05, 0.1) is 17.2 Å². The van der Waals surface area contributed by atoms with Crippen molar-refractivity contribution < 1.29 is 26.8 Å². The number of hydrogen-bond acceptors (Lipinski definition) is 4. The average Bonchev–Trinajstić information content (AvgIpc) is 2.80. The van der Waals surface area contributed by atoms with Crippen LogP contribution in [0.4, 0.5) is 14.5 Å². The van der Waals surface area contributed by atoms with Crippen molar-refractivity contribution in [1.29, 1.82) is 0 Å². The van der Waals surface area contributed by atoms with Crippen LogP contribution in [0.3, 0.4) is 0 Å². The summed E-state index contributed by atoms with van der Waals surface area (Å²) in [5, 5.41) is 2.04. The quantitative estimate of drug-likeness (QED) is 0.802. The minimum absolute atomic E-state index is 0.0382. The molecule has 0 saturated carbocycles. The number of likely N-dealkylation sites (N-methyl/N-ethyl adjacent to an activating group) is 1. The van der Waals surface area contributed by atoms with Crippen molar-refractivity contribution in [2.24, 2.45) is 0 Å². The topological polar surface area (TPSA) is 83.6 Å². The lowest BCUT2D eigenvalue weighted by Crippen LogP contribution is -2.44. The number of anilines is 1. The fourth-order valence-corrected chi connectivity index (χ4v) is 3.95. The van der Waals surface area contributed by atoms with Gasteiger partial charge < -0.3 is 10.2 Å². The largest absolute Gasteiger partial charge is 0.333 e. The molecule has 1 fully saturated rings. The fraction of sp³-hybridized carbons (Fsp3) is 0.385. The normalized spacial score (nSPS) is 19.7. The van der Waals surface area contributed by atoms with Crippen molar-refractivity contribution in [1.82, 2.24) is 4.90 Å². The van der Waals surface area contributed by atoms with E-state index in [4.69, 9.17) is 0 Å². The highest BCUT2D eigenvalue weighted by Gasteiger charge is 2.34. The molecule has 1 heterocycles. The first kappa shape index (κ1) is 16.3. The number of nitrogens with one attached hydrogen (secondary N) is 1. The van der Waals surface area contributed by atoms with Gasteiger partial charge in [0.25, 0.3) is 0 Å². The highest BCUT2D eigenvalue weighted by atomic mass is 32.2. The molecule has 1 unspecified atom stereocenters. The molecule has 1 saturated heterocycles. The molecule has 1 N–H and O–H groups in total. The summed E-state index contributed by atoms with van der Waals surface area (Å²) in [6.07, 6.45) is 0.253. The number of sulfone groups is 1. The second kappa shape index (κ2) is 5.99. The maximum Gasteiger partial charge on any atom is 0.313 e. The summed E-state index contributed by atoms with van der Waals surface area (Å²) in [6, 6.07) is 1.93. The highest BCUT2D eigenvalue weighted by molar-refractivity contribution is 7.91. The van der Waals surface area contributed by atoms with E-state index in [0.29, 0.717) is 6.07 Å². The third kappa shape index (κ3) is 3.59. The minimum atomic E-state index is -3.20. The zero-order chi connectivity index (χ0) is 16.5. The Morgan fingerprint density at radius 2 is 2.00 bits per heavy atom. The van der Waals surface area contributed by atoms with Crippen LogP contribution in [0.25, 0.3) is 0 Å². The number of nitrogens with zero attached hydrogens (tertiary/aromatic N) is 1. The van der Waals surface area contributed by atoms with Crippen molar-refractivity contribution in [3.8, 4) is 0 Å². The van der Waals surface area contributed by atoms with Gasteiger partial charge in [-0.25, -0.2) is 17.2 Å². The molecule has 22 heavy (non-hydrogen) atoms. The lowest BCUT2D eigenvalue weighted by molar-refractivity contribution is -0.143. The van der Waals surface area contributed by atoms with Crippen LogP contribution >= 0.6 is 0 Å². The molecule has 1 aliphatic heterocycles. The lowest BCUT2D eigenvalue weighted by Gasteiger charge is -2.22. The minimum Gasteiger partial charge on any atom is -0.333 e. The third-order valence-corrected chi connectivity index (χ3v) is 5.20. The van der Waals surface area contributed by atoms with Crippen molar-refractivity contribution >= 4 is 27.3 Å². The predicted molar refractivity (Wildman–Crippen MR) is 74.8 cm³/mol. The molecule has 1 aromatic carbocycles. The van der Waals surface area contributed by atoms with Crippen LogP contribution in [0.1, 0.15) is 6.42 Å². The Morgan fingerprint density at radius 3 is 2.55 bits per heavy atom. The Balaban J connectivity index is 2.04. The van der Waals surface area contributed by atoms with Crippen molar-refractivity contribution in [3.63, 3.8) is 0 Å². The van der Waals surface area contributed by atoms with Crippen molar-refractivity contribution in [2.45, 2.75) is 12.5 Å². The second-order valence-electron chi connectivity index (χ2n) is 5.05. The number of carbonyl (C=O) groups excluding carboxylic acids is 2. The molecule has 120 valence electrons. The van der Waals surface area contributed by atoms with E-state index < -0.39 is 39.3 Å². The average molecular weight is 332 g/mol. The van der Waals surface area contributed by atoms with Gasteiger partial charge in [0.1, 0.15) is 11.6 Å². The van der Waals surface area contributed by atoms with E-state index >= 15 is 0 Å². The van der Waals surface area contributed by atoms with Crippen LogP contribution < -0.4 is 5.32 Å². The first-order valence-electron chi connectivity index (χ1n) is 6.43. The number of carbonyl (C=O) groups is 2. The zero-order valence-electron chi connectivity index (χ0n) is 11.7. The van der Waals surface area contributed by atoms with Gasteiger partial charge >= 0.3 is 11.8 Å². The first-order chi connectivity index (χ1) is 10.2. The fourth-order valence-electron chi connectivity index (χ4n) is 2.17. The Labute approximate surface area is 126 Å². The van der Waals surface area contributed by atoms with E-state index in [0.717, 1.165) is 17.0 Å². The molecular weight excluding hydrogens is 318 g/mol. The smallest absolute Gasteiger partial charge is 0.313 e. The van der Waals surface area contributed by atoms with E-state index in [1.54, 1.807) is 0 Å². The highest BCUT2D eigenvalue weighted by Crippen LogP contribution is 2.18. The Morgan fingerprint density at radius 1 is 1.32 bits per heavy atom. The Hall–Kier alpha value is -2.03. The van der Waals surface area contributed by atoms with E-state index in [-0.39, 0.29) is 23.6 Å². The van der Waals surface area contributed by atoms with Gasteiger partial charge in [-0.1, -0.05) is 0 Å². The van der Waals surface area contributed by atoms with E-state index in [9.17, 15) is 26.8 Å². The molecule has 0 aromatic heterocycles. The van der Waals surface area contributed by atoms with Crippen LogP contribution in [-0.4, -0.2) is 49.7 Å². The SMILES string of the molecule is CN(C(=O)C(=O)Nc1ccc(F)cc1F)C1CCS(=O)(=O)C1. The van der Waals surface area contributed by atoms with Crippen LogP contribution in [-0.2, 0) is 19.4 Å². The molecule has 1 aromatic rings. The van der Waals surface area contributed by atoms with Gasteiger partial charge in [0.2, 0.25) is 0 Å². The van der Waals surface area contributed by atoms with Crippen LogP contribution in [0, 0.1) is 11.6 Å². The number of amides is 2. The number of rotatable bonds is 2. The maximum absolute atomic E-state index is 13.4. The van der Waals surface area contributed by atoms with Gasteiger partial charge in [-0.05, 0) is 18.6 Å². The van der Waals surface area contributed by atoms with Gasteiger partial charge in [-0.2, -0.15) is 0 Å². The van der Waals surface area contributed by atoms with Gasteiger partial charge in [0.15, 0.2) is 9.84 Å². The zero-order valence-corrected chi connectivity index (χ0v) is 12.5. The molecule has 2 rings (SSSR count). The number of benzene rings is 1. The maximum atomic E-state index is 13.4. The van der Waals surface area contributed by atoms with Gasteiger partial charge in [0, 0.05) is 19.2 Å². The summed E-state index contributed by atoms with van der Waals surface area (Å²) in [5.74, 6) is -4.15. The monoisotopic (exact) mass is 332 g/mol. The van der Waals surface area contributed by atoms with Crippen molar-refractivity contribution in [2.75, 3.05) is 23.9 Å². The molecule has 6 nitrogen and oxygen atoms in total. The molecular formula is C13H14F2N2O4S. The molecule has 0 bridgehead atoms. The molecule has 2 amide bonds. The molecule has 1 aliphatic rings. The summed E-state index contributed by atoms with van der Waals surface area (Å²) in [6.45, 7) is 0. The van der Waals surface area contributed by atoms with Crippen LogP contribution in [0.15, 0.2) is 18.2 Å². The molecule has 0 spiro atoms. The summed E-state index contributed by atoms with van der Waals surface area (Å²) < 4.78 is 48.9. The summed E-state index contributed by atoms with van der Waals surface area (Å²) in [7, 11) is -1.88. The van der Waals surface area contributed by atoms with Gasteiger partial charge in [-0.3, -0.25) is 9.59 Å². The second-order valence-corrected chi connectivity index (χ2v) is 7.28. The molecule has 0 radical (unpaired) electrons. The van der Waals surface area contributed by atoms with E-state index in [1.165, 1.54) is 7.05 Å². The van der Waals surface area contributed by atoms with E-state index in [1.807, 2.05) is 5.32 Å². The number of halogens is 2. The summed E-state index contributed by atoms with van der Waals surface area (Å²) in [4.78, 5) is 24.8. The molecule has 1 atom stereocenters. The Kier molecular flexibility index (Phi) is 4.45. The number of hydrogen-bond donors (Lipinski definition) is 1. The summed E-state index contributed by atoms with van der Waals surface area (Å²) >= 11 is 0. The third-order valence-electron chi connectivity index (χ3n) is 3.45. The standard InChI is InChI=1S/C13H14F2N2O4S/c1-17(9-4-5-22(20,21)7-9)13(19)12(18)16-11-3-2-8(14)6-10(11)15/h2-3,6,9H,4-5,7H2,1H3,(H,16,18). The lowest BCUT2D eigenvalue weighted by atomic mass is 10.2. The van der Waals surface area contributed by atoms with Gasteiger partial charge in [-0.15, -0.1) is 0 Å². The Bertz CT molecular complexity index is 721. The first-order valence-corrected chi connectivity index (χ1v) is 8.25. The summed E-state index contributed by atoms with van der Waals surface area (Å²) in [5.41, 5.74) is -0.327. The van der Waals surface area contributed by atoms with Crippen LogP contribution in [0.2, 0.25) is 0 Å². The van der Waals surface area contributed by atoms with Crippen LogP contribution in [0.5, 0.6) is 0 Å².